The van der Waals surface area contributed by atoms with E-state index in [0.29, 0.717) is 11.3 Å². The first-order chi connectivity index (χ1) is 8.56. The van der Waals surface area contributed by atoms with Crippen molar-refractivity contribution in [3.63, 3.8) is 0 Å². The van der Waals surface area contributed by atoms with Gasteiger partial charge in [-0.3, -0.25) is 0 Å². The van der Waals surface area contributed by atoms with E-state index in [-0.39, 0.29) is 0 Å². The summed E-state index contributed by atoms with van der Waals surface area (Å²) in [6.45, 7) is 5.25. The summed E-state index contributed by atoms with van der Waals surface area (Å²) in [5.41, 5.74) is 1.66. The molecule has 1 aromatic carbocycles. The van der Waals surface area contributed by atoms with Crippen LogP contribution in [0.3, 0.4) is 0 Å². The van der Waals surface area contributed by atoms with Crippen LogP contribution in [0.5, 0.6) is 5.75 Å². The topological polar surface area (TPSA) is 9.23 Å². The van der Waals surface area contributed by atoms with Gasteiger partial charge in [0.2, 0.25) is 0 Å². The zero-order chi connectivity index (χ0) is 13.2. The first kappa shape index (κ1) is 14.4. The molecule has 18 heavy (non-hydrogen) atoms. The Hall–Kier alpha value is -0.0200. The Balaban J connectivity index is 2.09. The summed E-state index contributed by atoms with van der Waals surface area (Å²) in [7, 11) is 0. The highest BCUT2D eigenvalue weighted by Crippen LogP contribution is 2.43. The Kier molecular flexibility index (Phi) is 4.76. The zero-order valence-electron chi connectivity index (χ0n) is 11.0. The van der Waals surface area contributed by atoms with Gasteiger partial charge in [-0.1, -0.05) is 52.1 Å². The molecule has 0 amide bonds. The van der Waals surface area contributed by atoms with Crippen LogP contribution in [0.1, 0.15) is 44.6 Å². The Morgan fingerprint density at radius 1 is 1.33 bits per heavy atom. The maximum Gasteiger partial charge on any atom is 0.122 e. The van der Waals surface area contributed by atoms with Crippen molar-refractivity contribution in [3.8, 4) is 5.75 Å². The summed E-state index contributed by atoms with van der Waals surface area (Å²) in [6.07, 6.45) is 3.91. The van der Waals surface area contributed by atoms with Crippen molar-refractivity contribution in [2.24, 2.45) is 5.41 Å². The molecular weight excluding hydrogens is 356 g/mol. The normalized spacial score (nSPS) is 17.6. The lowest BCUT2D eigenvalue weighted by atomic mass is 9.71. The highest BCUT2D eigenvalue weighted by Gasteiger charge is 2.36. The van der Waals surface area contributed by atoms with Crippen molar-refractivity contribution < 1.29 is 4.74 Å². The fraction of sp³-hybridized carbons (Fsp3) is 0.600. The van der Waals surface area contributed by atoms with E-state index in [1.165, 1.54) is 24.8 Å². The van der Waals surface area contributed by atoms with E-state index in [1.54, 1.807) is 0 Å². The molecule has 0 aliphatic heterocycles. The van der Waals surface area contributed by atoms with Gasteiger partial charge in [-0.2, -0.15) is 0 Å². The van der Waals surface area contributed by atoms with E-state index in [0.717, 1.165) is 22.2 Å². The number of halogens is 2. The Morgan fingerprint density at radius 2 is 2.06 bits per heavy atom. The van der Waals surface area contributed by atoms with Crippen molar-refractivity contribution in [3.05, 3.63) is 28.2 Å². The maximum absolute atomic E-state index is 6.10. The second-order valence-corrected chi connectivity index (χ2v) is 7.09. The highest BCUT2D eigenvalue weighted by atomic mass is 79.9. The molecule has 3 heteroatoms. The quantitative estimate of drug-likeness (QED) is 0.616. The summed E-state index contributed by atoms with van der Waals surface area (Å²) in [4.78, 5) is 0. The van der Waals surface area contributed by atoms with Crippen molar-refractivity contribution >= 4 is 31.9 Å². The van der Waals surface area contributed by atoms with Gasteiger partial charge in [0, 0.05) is 15.2 Å². The minimum atomic E-state index is 0.376. The van der Waals surface area contributed by atoms with E-state index >= 15 is 0 Å². The summed E-state index contributed by atoms with van der Waals surface area (Å²) in [5.74, 6) is 1.53. The third-order valence-corrected chi connectivity index (χ3v) is 5.51. The molecule has 0 aromatic heterocycles. The minimum Gasteiger partial charge on any atom is -0.493 e. The van der Waals surface area contributed by atoms with Gasteiger partial charge >= 0.3 is 0 Å². The van der Waals surface area contributed by atoms with Crippen LogP contribution >= 0.6 is 31.9 Å². The largest absolute Gasteiger partial charge is 0.493 e. The molecule has 0 atom stereocenters. The summed E-state index contributed by atoms with van der Waals surface area (Å²) < 4.78 is 7.22. The number of hydrogen-bond acceptors (Lipinski definition) is 1. The second-order valence-electron chi connectivity index (χ2n) is 5.61. The number of rotatable bonds is 5. The molecule has 0 N–H and O–H groups in total. The fourth-order valence-corrected chi connectivity index (χ4v) is 3.43. The Morgan fingerprint density at radius 3 is 2.56 bits per heavy atom. The minimum absolute atomic E-state index is 0.376. The van der Waals surface area contributed by atoms with Crippen molar-refractivity contribution in [1.29, 1.82) is 0 Å². The van der Waals surface area contributed by atoms with Crippen LogP contribution in [0.2, 0.25) is 0 Å². The Labute approximate surface area is 127 Å². The van der Waals surface area contributed by atoms with Gasteiger partial charge in [-0.15, -0.1) is 0 Å². The van der Waals surface area contributed by atoms with Crippen LogP contribution in [0.25, 0.3) is 0 Å². The first-order valence-corrected chi connectivity index (χ1v) is 8.46. The summed E-state index contributed by atoms with van der Waals surface area (Å²) >= 11 is 7.16. The van der Waals surface area contributed by atoms with E-state index < -0.39 is 0 Å². The molecule has 1 aromatic rings. The molecule has 100 valence electrons. The van der Waals surface area contributed by atoms with Gasteiger partial charge < -0.3 is 4.74 Å². The van der Waals surface area contributed by atoms with Gasteiger partial charge in [0.15, 0.2) is 0 Å². The molecule has 0 unspecified atom stereocenters. The lowest BCUT2D eigenvalue weighted by molar-refractivity contribution is 0.0831. The van der Waals surface area contributed by atoms with Gasteiger partial charge in [0.25, 0.3) is 0 Å². The number of benzene rings is 1. The summed E-state index contributed by atoms with van der Waals surface area (Å²) in [6, 6.07) is 6.31. The third kappa shape index (κ3) is 3.11. The van der Waals surface area contributed by atoms with Crippen molar-refractivity contribution in [2.75, 3.05) is 11.9 Å². The standard InChI is InChI=1S/C15H20Br2O/c1-11(2)13-8-12(17)4-5-14(13)18-10-15(9-16)6-3-7-15/h4-5,8,11H,3,6-7,9-10H2,1-2H3. The van der Waals surface area contributed by atoms with Crippen LogP contribution in [-0.4, -0.2) is 11.9 Å². The molecule has 1 aliphatic carbocycles. The van der Waals surface area contributed by atoms with Gasteiger partial charge in [-0.25, -0.2) is 0 Å². The van der Waals surface area contributed by atoms with E-state index in [9.17, 15) is 0 Å². The Bertz CT molecular complexity index is 405. The number of hydrogen-bond donors (Lipinski definition) is 0. The van der Waals surface area contributed by atoms with Crippen LogP contribution in [0, 0.1) is 5.41 Å². The van der Waals surface area contributed by atoms with Gasteiger partial charge in [0.1, 0.15) is 5.75 Å². The zero-order valence-corrected chi connectivity index (χ0v) is 14.2. The SMILES string of the molecule is CC(C)c1cc(Br)ccc1OCC1(CBr)CCC1. The van der Waals surface area contributed by atoms with E-state index in [2.05, 4.69) is 63.9 Å². The fourth-order valence-electron chi connectivity index (χ4n) is 2.33. The molecular formula is C15H20Br2O. The van der Waals surface area contributed by atoms with Gasteiger partial charge in [-0.05, 0) is 42.5 Å². The summed E-state index contributed by atoms with van der Waals surface area (Å²) in [5, 5.41) is 1.05. The molecule has 0 heterocycles. The predicted octanol–water partition coefficient (Wildman–Crippen LogP) is 5.52. The molecule has 0 saturated heterocycles. The monoisotopic (exact) mass is 374 g/mol. The van der Waals surface area contributed by atoms with Crippen LogP contribution in [0.15, 0.2) is 22.7 Å². The maximum atomic E-state index is 6.10. The molecule has 1 saturated carbocycles. The molecule has 1 nitrogen and oxygen atoms in total. The molecule has 0 radical (unpaired) electrons. The smallest absolute Gasteiger partial charge is 0.122 e. The van der Waals surface area contributed by atoms with Gasteiger partial charge in [0.05, 0.1) is 6.61 Å². The lowest BCUT2D eigenvalue weighted by Crippen LogP contribution is -2.37. The molecule has 1 aliphatic rings. The number of ether oxygens (including phenoxy) is 1. The van der Waals surface area contributed by atoms with Crippen LogP contribution in [0.4, 0.5) is 0 Å². The number of alkyl halides is 1. The average molecular weight is 376 g/mol. The highest BCUT2D eigenvalue weighted by molar-refractivity contribution is 9.10. The first-order valence-electron chi connectivity index (χ1n) is 6.54. The molecule has 1 fully saturated rings. The molecule has 2 rings (SSSR count). The van der Waals surface area contributed by atoms with E-state index in [4.69, 9.17) is 4.74 Å². The van der Waals surface area contributed by atoms with Crippen LogP contribution in [-0.2, 0) is 0 Å². The molecule has 0 bridgehead atoms. The van der Waals surface area contributed by atoms with E-state index in [1.807, 2.05) is 0 Å². The van der Waals surface area contributed by atoms with Crippen molar-refractivity contribution in [1.82, 2.24) is 0 Å². The second kappa shape index (κ2) is 5.96. The molecule has 0 spiro atoms. The average Bonchev–Trinajstić information content (AvgIpc) is 2.29. The predicted molar refractivity (Wildman–Crippen MR) is 83.8 cm³/mol. The lowest BCUT2D eigenvalue weighted by Gasteiger charge is -2.40. The van der Waals surface area contributed by atoms with Crippen molar-refractivity contribution in [2.45, 2.75) is 39.0 Å². The van der Waals surface area contributed by atoms with Crippen LogP contribution < -0.4 is 4.74 Å². The third-order valence-electron chi connectivity index (χ3n) is 3.83.